The summed E-state index contributed by atoms with van der Waals surface area (Å²) in [5.41, 5.74) is 11.8. The van der Waals surface area contributed by atoms with E-state index in [2.05, 4.69) is 146 Å². The second-order valence-corrected chi connectivity index (χ2v) is 15.5. The SMILES string of the molecule is C1=CC(c2cc(-c3nc(-c4ccccc4)nc(-c4ccc(-c5ccc6c(c5)oc5ccccc56)cc4)n3)cc3c2oc2c4ccccc4ccc32)=CC(c2ccccc2)C1. The smallest absolute Gasteiger partial charge is 0.164 e. The topological polar surface area (TPSA) is 65.0 Å². The van der Waals surface area contributed by atoms with Crippen LogP contribution in [0.15, 0.2) is 203 Å². The van der Waals surface area contributed by atoms with Gasteiger partial charge in [-0.2, -0.15) is 0 Å². The Kier molecular flexibility index (Phi) is 7.91. The molecule has 0 fully saturated rings. The summed E-state index contributed by atoms with van der Waals surface area (Å²) in [4.78, 5) is 15.5. The average Bonchev–Trinajstić information content (AvgIpc) is 3.90. The predicted molar refractivity (Wildman–Crippen MR) is 245 cm³/mol. The van der Waals surface area contributed by atoms with Crippen molar-refractivity contribution in [3.63, 3.8) is 0 Å². The number of fused-ring (bicyclic) bond motifs is 8. The van der Waals surface area contributed by atoms with Crippen molar-refractivity contribution in [2.24, 2.45) is 0 Å². The van der Waals surface area contributed by atoms with E-state index in [0.29, 0.717) is 17.5 Å². The molecule has 0 N–H and O–H groups in total. The minimum absolute atomic E-state index is 0.243. The summed E-state index contributed by atoms with van der Waals surface area (Å²) in [6.45, 7) is 0. The van der Waals surface area contributed by atoms with Gasteiger partial charge in [-0.1, -0.05) is 158 Å². The molecule has 0 saturated carbocycles. The quantitative estimate of drug-likeness (QED) is 0.168. The summed E-state index contributed by atoms with van der Waals surface area (Å²) in [7, 11) is 0. The molecule has 3 aromatic heterocycles. The van der Waals surface area contributed by atoms with Crippen molar-refractivity contribution in [1.82, 2.24) is 15.0 Å². The molecule has 1 aliphatic carbocycles. The van der Waals surface area contributed by atoms with Gasteiger partial charge in [0.25, 0.3) is 0 Å². The first-order valence-electron chi connectivity index (χ1n) is 20.4. The molecule has 1 unspecified atom stereocenters. The number of aromatic nitrogens is 3. The fourth-order valence-corrected chi connectivity index (χ4v) is 8.81. The molecular weight excluding hydrogens is 735 g/mol. The summed E-state index contributed by atoms with van der Waals surface area (Å²) < 4.78 is 13.1. The summed E-state index contributed by atoms with van der Waals surface area (Å²) in [5, 5.41) is 6.54. The molecule has 0 aliphatic heterocycles. The van der Waals surface area contributed by atoms with Gasteiger partial charge in [0.15, 0.2) is 17.5 Å². The Labute approximate surface area is 345 Å². The van der Waals surface area contributed by atoms with E-state index >= 15 is 0 Å². The third kappa shape index (κ3) is 5.82. The minimum Gasteiger partial charge on any atom is -0.456 e. The summed E-state index contributed by atoms with van der Waals surface area (Å²) in [5.74, 6) is 2.05. The van der Waals surface area contributed by atoms with E-state index in [9.17, 15) is 0 Å². The lowest BCUT2D eigenvalue weighted by atomic mass is 9.86. The van der Waals surface area contributed by atoms with Crippen molar-refractivity contribution in [3.05, 3.63) is 205 Å². The first kappa shape index (κ1) is 34.2. The van der Waals surface area contributed by atoms with Gasteiger partial charge >= 0.3 is 0 Å². The van der Waals surface area contributed by atoms with E-state index in [0.717, 1.165) is 100 Å². The highest BCUT2D eigenvalue weighted by molar-refractivity contribution is 6.17. The second kappa shape index (κ2) is 13.9. The number of para-hydroxylation sites is 1. The van der Waals surface area contributed by atoms with Crippen molar-refractivity contribution in [2.75, 3.05) is 0 Å². The Balaban J connectivity index is 1.02. The van der Waals surface area contributed by atoms with Crippen LogP contribution in [0.3, 0.4) is 0 Å². The van der Waals surface area contributed by atoms with Gasteiger partial charge in [0, 0.05) is 55.1 Å². The van der Waals surface area contributed by atoms with Gasteiger partial charge in [0.1, 0.15) is 22.3 Å². The summed E-state index contributed by atoms with van der Waals surface area (Å²) >= 11 is 0. The Morgan fingerprint density at radius 2 is 1.05 bits per heavy atom. The standard InChI is InChI=1S/C55H35N3O2/c1-3-12-34(13-4-1)39-17-11-18-41(30-39)47-31-42(32-48-46-29-26-36-14-7-8-19-43(36)51(46)60-52(47)48)55-57-53(37-15-5-2-6-16-37)56-54(58-55)38-24-22-35(23-25-38)40-27-28-45-44-20-9-10-21-49(44)59-50(45)33-40/h1-16,18-33,39H,17H2. The van der Waals surface area contributed by atoms with Crippen LogP contribution in [0, 0.1) is 0 Å². The summed E-state index contributed by atoms with van der Waals surface area (Å²) in [6.07, 6.45) is 7.81. The third-order valence-corrected chi connectivity index (χ3v) is 11.9. The molecule has 0 spiro atoms. The van der Waals surface area contributed by atoms with Crippen LogP contribution < -0.4 is 0 Å². The largest absolute Gasteiger partial charge is 0.456 e. The first-order chi connectivity index (χ1) is 29.7. The molecule has 8 aromatic carbocycles. The molecule has 5 heteroatoms. The zero-order chi connectivity index (χ0) is 39.6. The number of furan rings is 2. The average molecular weight is 770 g/mol. The predicted octanol–water partition coefficient (Wildman–Crippen LogP) is 14.6. The number of hydrogen-bond donors (Lipinski definition) is 0. The summed E-state index contributed by atoms with van der Waals surface area (Å²) in [6, 6.07) is 61.0. The lowest BCUT2D eigenvalue weighted by molar-refractivity contribution is 0.669. The molecule has 60 heavy (non-hydrogen) atoms. The third-order valence-electron chi connectivity index (χ3n) is 11.9. The molecule has 0 amide bonds. The van der Waals surface area contributed by atoms with Crippen LogP contribution in [0.25, 0.3) is 106 Å². The number of rotatable bonds is 6. The van der Waals surface area contributed by atoms with Gasteiger partial charge in [-0.05, 0) is 70.5 Å². The van der Waals surface area contributed by atoms with Gasteiger partial charge in [-0.15, -0.1) is 0 Å². The first-order valence-corrected chi connectivity index (χ1v) is 20.4. The van der Waals surface area contributed by atoms with Gasteiger partial charge in [0.2, 0.25) is 0 Å². The van der Waals surface area contributed by atoms with E-state index in [4.69, 9.17) is 23.8 Å². The number of allylic oxidation sites excluding steroid dienone is 4. The molecule has 1 aliphatic rings. The number of benzene rings is 8. The molecule has 12 rings (SSSR count). The van der Waals surface area contributed by atoms with E-state index in [1.54, 1.807) is 0 Å². The zero-order valence-electron chi connectivity index (χ0n) is 32.4. The lowest BCUT2D eigenvalue weighted by Gasteiger charge is -2.18. The molecule has 5 nitrogen and oxygen atoms in total. The number of hydrogen-bond acceptors (Lipinski definition) is 5. The van der Waals surface area contributed by atoms with Gasteiger partial charge in [-0.3, -0.25) is 0 Å². The van der Waals surface area contributed by atoms with Gasteiger partial charge in [-0.25, -0.2) is 15.0 Å². The normalized spacial score (nSPS) is 14.1. The van der Waals surface area contributed by atoms with E-state index in [-0.39, 0.29) is 5.92 Å². The van der Waals surface area contributed by atoms with E-state index in [1.807, 2.05) is 48.5 Å². The van der Waals surface area contributed by atoms with E-state index < -0.39 is 0 Å². The highest BCUT2D eigenvalue weighted by atomic mass is 16.3. The maximum Gasteiger partial charge on any atom is 0.164 e. The monoisotopic (exact) mass is 769 g/mol. The maximum atomic E-state index is 6.92. The van der Waals surface area contributed by atoms with Gasteiger partial charge in [0.05, 0.1) is 0 Å². The van der Waals surface area contributed by atoms with Crippen LogP contribution in [-0.2, 0) is 0 Å². The number of nitrogens with zero attached hydrogens (tertiary/aromatic N) is 3. The molecule has 0 saturated heterocycles. The van der Waals surface area contributed by atoms with Crippen LogP contribution in [-0.4, -0.2) is 15.0 Å². The highest BCUT2D eigenvalue weighted by Gasteiger charge is 2.22. The van der Waals surface area contributed by atoms with Crippen molar-refractivity contribution in [1.29, 1.82) is 0 Å². The van der Waals surface area contributed by atoms with Crippen molar-refractivity contribution in [2.45, 2.75) is 12.3 Å². The molecule has 0 radical (unpaired) electrons. The Hall–Kier alpha value is -7.89. The van der Waals surface area contributed by atoms with E-state index in [1.165, 1.54) is 5.56 Å². The molecular formula is C55H35N3O2. The van der Waals surface area contributed by atoms with Crippen molar-refractivity contribution < 1.29 is 8.83 Å². The Morgan fingerprint density at radius 3 is 1.87 bits per heavy atom. The van der Waals surface area contributed by atoms with Crippen LogP contribution in [0.1, 0.15) is 23.5 Å². The highest BCUT2D eigenvalue weighted by Crippen LogP contribution is 2.42. The molecule has 11 aromatic rings. The molecule has 1 atom stereocenters. The molecule has 0 bridgehead atoms. The fourth-order valence-electron chi connectivity index (χ4n) is 8.81. The van der Waals surface area contributed by atoms with Crippen LogP contribution in [0.4, 0.5) is 0 Å². The molecule has 282 valence electrons. The van der Waals surface area contributed by atoms with Gasteiger partial charge < -0.3 is 8.83 Å². The zero-order valence-corrected chi connectivity index (χ0v) is 32.4. The van der Waals surface area contributed by atoms with Crippen molar-refractivity contribution in [3.8, 4) is 45.3 Å². The van der Waals surface area contributed by atoms with Crippen LogP contribution in [0.2, 0.25) is 0 Å². The Bertz CT molecular complexity index is 3510. The Morgan fingerprint density at radius 1 is 0.417 bits per heavy atom. The van der Waals surface area contributed by atoms with Crippen LogP contribution >= 0.6 is 0 Å². The fraction of sp³-hybridized carbons (Fsp3) is 0.0364. The second-order valence-electron chi connectivity index (χ2n) is 15.5. The minimum atomic E-state index is 0.243. The maximum absolute atomic E-state index is 6.92. The van der Waals surface area contributed by atoms with Crippen molar-refractivity contribution >= 4 is 60.2 Å². The van der Waals surface area contributed by atoms with Crippen LogP contribution in [0.5, 0.6) is 0 Å². The lowest BCUT2D eigenvalue weighted by Crippen LogP contribution is -2.01. The molecule has 3 heterocycles.